The van der Waals surface area contributed by atoms with Gasteiger partial charge >= 0.3 is 0 Å². The van der Waals surface area contributed by atoms with Crippen molar-refractivity contribution in [3.63, 3.8) is 0 Å². The summed E-state index contributed by atoms with van der Waals surface area (Å²) in [6.07, 6.45) is 2.94. The Kier molecular flexibility index (Phi) is 4.26. The van der Waals surface area contributed by atoms with E-state index in [0.29, 0.717) is 5.75 Å². The molecule has 0 bridgehead atoms. The van der Waals surface area contributed by atoms with Gasteiger partial charge in [0.05, 0.1) is 12.9 Å². The van der Waals surface area contributed by atoms with Gasteiger partial charge in [0.1, 0.15) is 0 Å². The van der Waals surface area contributed by atoms with Crippen LogP contribution in [0.3, 0.4) is 0 Å². The molecule has 0 radical (unpaired) electrons. The van der Waals surface area contributed by atoms with Crippen molar-refractivity contribution < 1.29 is 12.6 Å². The average molecular weight is 170 g/mol. The molecule has 0 saturated carbocycles. The number of thioether (sulfide) groups is 1. The minimum Gasteiger partial charge on any atom is -0.269 e. The first-order chi connectivity index (χ1) is 4.06. The topological polar surface area (TPSA) is 43.4 Å². The summed E-state index contributed by atoms with van der Waals surface area (Å²) in [5, 5.41) is 0. The second-order valence-electron chi connectivity index (χ2n) is 1.52. The third-order valence-electron chi connectivity index (χ3n) is 0.585. The molecule has 0 N–H and O–H groups in total. The quantitative estimate of drug-likeness (QED) is 0.450. The Morgan fingerprint density at radius 2 is 2.11 bits per heavy atom. The standard InChI is InChI=1S/C4H10O3S2/c1-8-4-3-7-9(2,5)6/h3-4H2,1-2H3. The smallest absolute Gasteiger partial charge is 0.264 e. The first-order valence-electron chi connectivity index (χ1n) is 2.39. The number of hydrogen-bond donors (Lipinski definition) is 0. The van der Waals surface area contributed by atoms with Crippen LogP contribution in [0.4, 0.5) is 0 Å². The van der Waals surface area contributed by atoms with Gasteiger partial charge in [0.15, 0.2) is 0 Å². The molecule has 0 rings (SSSR count). The molecule has 5 heteroatoms. The zero-order valence-corrected chi connectivity index (χ0v) is 7.09. The van der Waals surface area contributed by atoms with Crippen LogP contribution in [-0.2, 0) is 14.3 Å². The Balaban J connectivity index is 3.30. The fraction of sp³-hybridized carbons (Fsp3) is 1.00. The Labute approximate surface area is 59.9 Å². The number of hydrogen-bond acceptors (Lipinski definition) is 4. The molecule has 0 saturated heterocycles. The molecule has 0 unspecified atom stereocenters. The summed E-state index contributed by atoms with van der Waals surface area (Å²) in [6, 6.07) is 0. The molecule has 0 aliphatic carbocycles. The van der Waals surface area contributed by atoms with Gasteiger partial charge in [-0.2, -0.15) is 20.2 Å². The van der Waals surface area contributed by atoms with Crippen LogP contribution in [0.25, 0.3) is 0 Å². The van der Waals surface area contributed by atoms with E-state index in [4.69, 9.17) is 0 Å². The first kappa shape index (κ1) is 9.26. The van der Waals surface area contributed by atoms with Crippen LogP contribution in [0, 0.1) is 0 Å². The molecule has 0 aromatic carbocycles. The predicted molar refractivity (Wildman–Crippen MR) is 39.2 cm³/mol. The molecule has 0 heterocycles. The molecule has 0 amide bonds. The summed E-state index contributed by atoms with van der Waals surface area (Å²) >= 11 is 1.55. The Morgan fingerprint density at radius 1 is 1.56 bits per heavy atom. The van der Waals surface area contributed by atoms with E-state index in [1.54, 1.807) is 11.8 Å². The van der Waals surface area contributed by atoms with Gasteiger partial charge in [-0.3, -0.25) is 4.18 Å². The Hall–Kier alpha value is 0.260. The van der Waals surface area contributed by atoms with E-state index in [-0.39, 0.29) is 6.61 Å². The normalized spacial score (nSPS) is 11.8. The fourth-order valence-corrected chi connectivity index (χ4v) is 1.01. The van der Waals surface area contributed by atoms with Crippen LogP contribution in [-0.4, -0.2) is 33.3 Å². The summed E-state index contributed by atoms with van der Waals surface area (Å²) in [4.78, 5) is 0. The SMILES string of the molecule is CSCCOS(C)(=O)=O. The van der Waals surface area contributed by atoms with Gasteiger partial charge < -0.3 is 0 Å². The Bertz CT molecular complexity index is 149. The van der Waals surface area contributed by atoms with E-state index < -0.39 is 10.1 Å². The lowest BCUT2D eigenvalue weighted by atomic mass is 10.9. The highest BCUT2D eigenvalue weighted by Gasteiger charge is 1.98. The highest BCUT2D eigenvalue weighted by Crippen LogP contribution is 1.93. The largest absolute Gasteiger partial charge is 0.269 e. The number of rotatable bonds is 4. The van der Waals surface area contributed by atoms with Gasteiger partial charge in [0.25, 0.3) is 10.1 Å². The van der Waals surface area contributed by atoms with E-state index in [9.17, 15) is 8.42 Å². The maximum atomic E-state index is 10.3. The molecule has 0 aromatic rings. The lowest BCUT2D eigenvalue weighted by molar-refractivity contribution is 0.345. The van der Waals surface area contributed by atoms with Crippen molar-refractivity contribution in [3.05, 3.63) is 0 Å². The molecular weight excluding hydrogens is 160 g/mol. The van der Waals surface area contributed by atoms with Crippen LogP contribution < -0.4 is 0 Å². The van der Waals surface area contributed by atoms with Gasteiger partial charge in [-0.25, -0.2) is 0 Å². The van der Waals surface area contributed by atoms with Crippen molar-refractivity contribution in [2.24, 2.45) is 0 Å². The molecule has 0 aliphatic rings. The van der Waals surface area contributed by atoms with E-state index >= 15 is 0 Å². The minimum atomic E-state index is -3.21. The van der Waals surface area contributed by atoms with Crippen molar-refractivity contribution >= 4 is 21.9 Å². The van der Waals surface area contributed by atoms with E-state index in [2.05, 4.69) is 4.18 Å². The third kappa shape index (κ3) is 8.26. The lowest BCUT2D eigenvalue weighted by Gasteiger charge is -1.96. The maximum Gasteiger partial charge on any atom is 0.264 e. The van der Waals surface area contributed by atoms with Gasteiger partial charge in [-0.1, -0.05) is 0 Å². The van der Waals surface area contributed by atoms with E-state index in [0.717, 1.165) is 6.26 Å². The zero-order valence-electron chi connectivity index (χ0n) is 5.46. The average Bonchev–Trinajstić information content (AvgIpc) is 1.63. The second-order valence-corrected chi connectivity index (χ2v) is 4.15. The third-order valence-corrected chi connectivity index (χ3v) is 1.75. The van der Waals surface area contributed by atoms with Crippen molar-refractivity contribution in [1.29, 1.82) is 0 Å². The molecule has 9 heavy (non-hydrogen) atoms. The zero-order chi connectivity index (χ0) is 7.33. The van der Waals surface area contributed by atoms with Crippen molar-refractivity contribution in [3.8, 4) is 0 Å². The summed E-state index contributed by atoms with van der Waals surface area (Å²) in [6.45, 7) is 0.278. The lowest BCUT2D eigenvalue weighted by Crippen LogP contribution is -2.05. The Morgan fingerprint density at radius 3 is 2.44 bits per heavy atom. The fourth-order valence-electron chi connectivity index (χ4n) is 0.269. The van der Waals surface area contributed by atoms with Gasteiger partial charge in [0, 0.05) is 5.75 Å². The molecular formula is C4H10O3S2. The van der Waals surface area contributed by atoms with Crippen molar-refractivity contribution in [2.75, 3.05) is 24.9 Å². The van der Waals surface area contributed by atoms with Gasteiger partial charge in [-0.05, 0) is 6.26 Å². The van der Waals surface area contributed by atoms with Gasteiger partial charge in [0.2, 0.25) is 0 Å². The van der Waals surface area contributed by atoms with Crippen molar-refractivity contribution in [2.45, 2.75) is 0 Å². The maximum absolute atomic E-state index is 10.3. The van der Waals surface area contributed by atoms with Crippen LogP contribution in [0.2, 0.25) is 0 Å². The van der Waals surface area contributed by atoms with Crippen LogP contribution in [0.15, 0.2) is 0 Å². The van der Waals surface area contributed by atoms with E-state index in [1.165, 1.54) is 0 Å². The second kappa shape index (κ2) is 4.14. The summed E-state index contributed by atoms with van der Waals surface area (Å²) in [7, 11) is -3.21. The molecule has 3 nitrogen and oxygen atoms in total. The molecule has 0 spiro atoms. The minimum absolute atomic E-state index is 0.278. The molecule has 0 aliphatic heterocycles. The molecule has 56 valence electrons. The highest BCUT2D eigenvalue weighted by molar-refractivity contribution is 7.98. The van der Waals surface area contributed by atoms with E-state index in [1.807, 2.05) is 6.26 Å². The molecule has 0 aromatic heterocycles. The summed E-state index contributed by atoms with van der Waals surface area (Å²) in [5.41, 5.74) is 0. The first-order valence-corrected chi connectivity index (χ1v) is 5.60. The van der Waals surface area contributed by atoms with Crippen LogP contribution in [0.5, 0.6) is 0 Å². The van der Waals surface area contributed by atoms with Crippen LogP contribution >= 0.6 is 11.8 Å². The van der Waals surface area contributed by atoms with Crippen LogP contribution in [0.1, 0.15) is 0 Å². The summed E-state index contributed by atoms with van der Waals surface area (Å²) in [5.74, 6) is 0.715. The van der Waals surface area contributed by atoms with Crippen molar-refractivity contribution in [1.82, 2.24) is 0 Å². The molecule has 0 fully saturated rings. The molecule has 0 atom stereocenters. The summed E-state index contributed by atoms with van der Waals surface area (Å²) < 4.78 is 25.0. The predicted octanol–water partition coefficient (Wildman–Crippen LogP) is 0.326. The highest BCUT2D eigenvalue weighted by atomic mass is 32.2. The monoisotopic (exact) mass is 170 g/mol. The van der Waals surface area contributed by atoms with Gasteiger partial charge in [-0.15, -0.1) is 0 Å².